The van der Waals surface area contributed by atoms with Crippen molar-refractivity contribution < 1.29 is 17.9 Å². The monoisotopic (exact) mass is 431 g/mol. The first-order valence-corrected chi connectivity index (χ1v) is 11.9. The number of nitrogens with one attached hydrogen (secondary N) is 1. The fraction of sp³-hybridized carbons (Fsp3) is 0.615. The number of hydrogen-bond acceptors (Lipinski definition) is 2. The summed E-state index contributed by atoms with van der Waals surface area (Å²) in [5.74, 6) is 0.561. The molecule has 0 spiro atoms. The van der Waals surface area contributed by atoms with E-state index in [0.717, 1.165) is 23.6 Å². The number of hydrogen-bond donors (Lipinski definition) is 1. The first-order chi connectivity index (χ1) is 14.9. The van der Waals surface area contributed by atoms with Crippen molar-refractivity contribution >= 4 is 10.8 Å². The Morgan fingerprint density at radius 3 is 2.16 bits per heavy atom. The fourth-order valence-corrected chi connectivity index (χ4v) is 5.96. The lowest BCUT2D eigenvalue weighted by atomic mass is 9.66. The van der Waals surface area contributed by atoms with Crippen LogP contribution in [0.5, 0.6) is 5.75 Å². The topological polar surface area (TPSA) is 21.3 Å². The molecule has 0 aliphatic heterocycles. The predicted molar refractivity (Wildman–Crippen MR) is 117 cm³/mol. The van der Waals surface area contributed by atoms with Crippen molar-refractivity contribution in [3.63, 3.8) is 0 Å². The van der Waals surface area contributed by atoms with Crippen molar-refractivity contribution in [3.05, 3.63) is 42.0 Å². The molecule has 0 amide bonds. The van der Waals surface area contributed by atoms with Crippen LogP contribution in [0.4, 0.5) is 13.2 Å². The summed E-state index contributed by atoms with van der Waals surface area (Å²) in [6.45, 7) is 0.904. The third-order valence-electron chi connectivity index (χ3n) is 8.08. The molecule has 6 rings (SSSR count). The highest BCUT2D eigenvalue weighted by Crippen LogP contribution is 2.44. The Balaban J connectivity index is 1.19. The van der Waals surface area contributed by atoms with E-state index in [-0.39, 0.29) is 18.9 Å². The van der Waals surface area contributed by atoms with Crippen LogP contribution in [0.2, 0.25) is 0 Å². The lowest BCUT2D eigenvalue weighted by Gasteiger charge is -2.47. The maximum Gasteiger partial charge on any atom is 0.391 e. The molecule has 0 radical (unpaired) electrons. The zero-order valence-electron chi connectivity index (χ0n) is 18.0. The first kappa shape index (κ1) is 21.1. The van der Waals surface area contributed by atoms with Crippen molar-refractivity contribution in [3.8, 4) is 5.75 Å². The number of benzene rings is 2. The van der Waals surface area contributed by atoms with Gasteiger partial charge in [-0.1, -0.05) is 18.2 Å². The maximum absolute atomic E-state index is 12.9. The van der Waals surface area contributed by atoms with Gasteiger partial charge in [0.15, 0.2) is 0 Å². The molecule has 0 aromatic heterocycles. The molecular formula is C26H32F3NO. The molecule has 0 saturated heterocycles. The largest absolute Gasteiger partial charge is 0.490 e. The average molecular weight is 432 g/mol. The lowest BCUT2D eigenvalue weighted by molar-refractivity contribution is -0.185. The van der Waals surface area contributed by atoms with E-state index in [4.69, 9.17) is 4.74 Å². The summed E-state index contributed by atoms with van der Waals surface area (Å²) in [6, 6.07) is 12.6. The summed E-state index contributed by atoms with van der Waals surface area (Å²) in [5, 5.41) is 6.17. The second-order valence-electron chi connectivity index (χ2n) is 10.1. The molecule has 0 unspecified atom stereocenters. The highest BCUT2D eigenvalue weighted by atomic mass is 19.4. The summed E-state index contributed by atoms with van der Waals surface area (Å²) in [5.41, 5.74) is 1.65. The summed E-state index contributed by atoms with van der Waals surface area (Å²) in [7, 11) is 0. The van der Waals surface area contributed by atoms with Gasteiger partial charge in [0.25, 0.3) is 0 Å². The summed E-state index contributed by atoms with van der Waals surface area (Å²) in [6.07, 6.45) is 5.16. The SMILES string of the molecule is FC(F)(F)C1CCC(Oc2ccc3cc(CNC45CCC(CC4)CC5)ccc3c2)CC1. The van der Waals surface area contributed by atoms with E-state index in [9.17, 15) is 13.2 Å². The average Bonchev–Trinajstić information content (AvgIpc) is 2.79. The third-order valence-corrected chi connectivity index (χ3v) is 8.08. The van der Waals surface area contributed by atoms with Gasteiger partial charge in [-0.25, -0.2) is 0 Å². The summed E-state index contributed by atoms with van der Waals surface area (Å²) >= 11 is 0. The van der Waals surface area contributed by atoms with Crippen molar-refractivity contribution in [2.24, 2.45) is 11.8 Å². The molecule has 0 heterocycles. The smallest absolute Gasteiger partial charge is 0.391 e. The van der Waals surface area contributed by atoms with E-state index < -0.39 is 12.1 Å². The Morgan fingerprint density at radius 1 is 0.839 bits per heavy atom. The van der Waals surface area contributed by atoms with Gasteiger partial charge in [0, 0.05) is 12.1 Å². The Morgan fingerprint density at radius 2 is 1.48 bits per heavy atom. The number of halogens is 3. The van der Waals surface area contributed by atoms with Crippen LogP contribution in [0.3, 0.4) is 0 Å². The van der Waals surface area contributed by atoms with Gasteiger partial charge in [-0.05, 0) is 105 Å². The highest BCUT2D eigenvalue weighted by Gasteiger charge is 2.42. The van der Waals surface area contributed by atoms with E-state index in [1.165, 1.54) is 49.5 Å². The lowest BCUT2D eigenvalue weighted by Crippen LogP contribution is -2.51. The second-order valence-corrected chi connectivity index (χ2v) is 10.1. The normalized spacial score (nSPS) is 31.1. The van der Waals surface area contributed by atoms with Crippen molar-refractivity contribution in [1.82, 2.24) is 5.32 Å². The van der Waals surface area contributed by atoms with Crippen LogP contribution in [0.1, 0.15) is 69.8 Å². The van der Waals surface area contributed by atoms with Crippen LogP contribution >= 0.6 is 0 Å². The Hall–Kier alpha value is -1.75. The second kappa shape index (κ2) is 8.31. The molecule has 4 aliphatic carbocycles. The van der Waals surface area contributed by atoms with Crippen molar-refractivity contribution in [1.29, 1.82) is 0 Å². The summed E-state index contributed by atoms with van der Waals surface area (Å²) in [4.78, 5) is 0. The van der Waals surface area contributed by atoms with Gasteiger partial charge >= 0.3 is 6.18 Å². The molecular weight excluding hydrogens is 399 g/mol. The molecule has 1 N–H and O–H groups in total. The van der Waals surface area contributed by atoms with E-state index in [1.54, 1.807) is 0 Å². The molecule has 2 aromatic carbocycles. The van der Waals surface area contributed by atoms with Gasteiger partial charge in [0.2, 0.25) is 0 Å². The van der Waals surface area contributed by atoms with Gasteiger partial charge in [0.1, 0.15) is 5.75 Å². The van der Waals surface area contributed by atoms with E-state index in [2.05, 4.69) is 29.6 Å². The number of alkyl halides is 3. The van der Waals surface area contributed by atoms with E-state index >= 15 is 0 Å². The molecule has 2 aromatic rings. The zero-order valence-corrected chi connectivity index (χ0v) is 18.0. The Labute approximate surface area is 182 Å². The molecule has 4 saturated carbocycles. The van der Waals surface area contributed by atoms with Gasteiger partial charge in [0.05, 0.1) is 12.0 Å². The minimum Gasteiger partial charge on any atom is -0.490 e. The molecule has 4 aliphatic rings. The van der Waals surface area contributed by atoms with Crippen molar-refractivity contribution in [2.75, 3.05) is 0 Å². The Bertz CT molecular complexity index is 895. The maximum atomic E-state index is 12.9. The zero-order chi connectivity index (χ0) is 21.5. The Kier molecular flexibility index (Phi) is 5.66. The van der Waals surface area contributed by atoms with Crippen LogP contribution in [0.25, 0.3) is 10.8 Å². The highest BCUT2D eigenvalue weighted by molar-refractivity contribution is 5.84. The third kappa shape index (κ3) is 4.72. The number of fused-ring (bicyclic) bond motifs is 4. The molecule has 2 nitrogen and oxygen atoms in total. The van der Waals surface area contributed by atoms with Crippen LogP contribution in [0, 0.1) is 11.8 Å². The van der Waals surface area contributed by atoms with Gasteiger partial charge in [-0.3, -0.25) is 0 Å². The number of ether oxygens (including phenoxy) is 1. The molecule has 31 heavy (non-hydrogen) atoms. The minimum absolute atomic E-state index is 0.121. The quantitative estimate of drug-likeness (QED) is 0.543. The minimum atomic E-state index is -4.07. The van der Waals surface area contributed by atoms with Gasteiger partial charge in [-0.15, -0.1) is 0 Å². The van der Waals surface area contributed by atoms with Crippen LogP contribution in [0.15, 0.2) is 36.4 Å². The molecule has 2 bridgehead atoms. The van der Waals surface area contributed by atoms with Crippen molar-refractivity contribution in [2.45, 2.75) is 88.6 Å². The fourth-order valence-electron chi connectivity index (χ4n) is 5.96. The van der Waals surface area contributed by atoms with Crippen LogP contribution < -0.4 is 10.1 Å². The van der Waals surface area contributed by atoms with Gasteiger partial charge < -0.3 is 10.1 Å². The summed E-state index contributed by atoms with van der Waals surface area (Å²) < 4.78 is 44.6. The molecule has 4 fully saturated rings. The molecule has 0 atom stereocenters. The molecule has 168 valence electrons. The molecule has 5 heteroatoms. The van der Waals surface area contributed by atoms with Crippen LogP contribution in [-0.2, 0) is 6.54 Å². The first-order valence-electron chi connectivity index (χ1n) is 11.9. The van der Waals surface area contributed by atoms with E-state index in [0.29, 0.717) is 18.4 Å². The van der Waals surface area contributed by atoms with Crippen LogP contribution in [-0.4, -0.2) is 17.8 Å². The van der Waals surface area contributed by atoms with Gasteiger partial charge in [-0.2, -0.15) is 13.2 Å². The standard InChI is InChI=1S/C26H32F3NO/c27-26(28,29)22-4-7-23(8-5-22)31-24-6-3-20-15-19(1-2-21(20)16-24)17-30-25-12-9-18(10-13-25)11-14-25/h1-3,6,15-16,18,22-23,30H,4-5,7-14,17H2. The number of rotatable bonds is 5. The predicted octanol–water partition coefficient (Wildman–Crippen LogP) is 7.15. The van der Waals surface area contributed by atoms with E-state index in [1.807, 2.05) is 12.1 Å².